The molecule has 0 fully saturated rings. The highest BCUT2D eigenvalue weighted by Crippen LogP contribution is 2.15. The largest absolute Gasteiger partial charge is 0.508 e. The fourth-order valence-electron chi connectivity index (χ4n) is 1.44. The van der Waals surface area contributed by atoms with Crippen molar-refractivity contribution >= 4 is 6.16 Å². The maximum atomic E-state index is 10.8. The van der Waals surface area contributed by atoms with Gasteiger partial charge in [0.2, 0.25) is 0 Å². The molecule has 3 atom stereocenters. The van der Waals surface area contributed by atoms with Crippen LogP contribution in [0.4, 0.5) is 4.79 Å². The number of carbonyl (C=O) groups excluding carboxylic acids is 1. The van der Waals surface area contributed by atoms with Gasteiger partial charge < -0.3 is 19.7 Å². The highest BCUT2D eigenvalue weighted by Gasteiger charge is 2.20. The van der Waals surface area contributed by atoms with Crippen molar-refractivity contribution in [1.82, 2.24) is 0 Å². The molecular weight excluding hydrogens is 200 g/mol. The van der Waals surface area contributed by atoms with Crippen molar-refractivity contribution in [3.63, 3.8) is 0 Å². The zero-order chi connectivity index (χ0) is 11.3. The minimum absolute atomic E-state index is 0.332. The summed E-state index contributed by atoms with van der Waals surface area (Å²) in [4.78, 5) is 10.8. The second-order valence-electron chi connectivity index (χ2n) is 3.53. The van der Waals surface area contributed by atoms with Gasteiger partial charge in [0.25, 0.3) is 0 Å². The molecule has 1 aliphatic rings. The van der Waals surface area contributed by atoms with E-state index in [4.69, 9.17) is 4.74 Å². The Labute approximate surface area is 88.3 Å². The lowest BCUT2D eigenvalue weighted by Gasteiger charge is -2.20. The molecule has 0 saturated carbocycles. The number of hydrogen-bond acceptors (Lipinski definition) is 5. The highest BCUT2D eigenvalue weighted by atomic mass is 16.7. The summed E-state index contributed by atoms with van der Waals surface area (Å²) in [6.45, 7) is 0. The van der Waals surface area contributed by atoms with Gasteiger partial charge in [-0.15, -0.1) is 0 Å². The summed E-state index contributed by atoms with van der Waals surface area (Å²) in [6.07, 6.45) is 1.99. The van der Waals surface area contributed by atoms with Crippen LogP contribution in [0.15, 0.2) is 12.2 Å². The molecule has 86 valence electrons. The molecule has 15 heavy (non-hydrogen) atoms. The Hall–Kier alpha value is -1.07. The van der Waals surface area contributed by atoms with Gasteiger partial charge in [0.15, 0.2) is 0 Å². The minimum Gasteiger partial charge on any atom is -0.438 e. The fraction of sp³-hybridized carbons (Fsp3) is 0.700. The molecule has 0 aromatic carbocycles. The Balaban J connectivity index is 2.56. The number of hydrogen-bond donors (Lipinski definition) is 2. The molecular formula is C10H16O5. The topological polar surface area (TPSA) is 76.0 Å². The van der Waals surface area contributed by atoms with Crippen LogP contribution >= 0.6 is 0 Å². The average Bonchev–Trinajstić information content (AvgIpc) is 2.20. The molecule has 0 aromatic heterocycles. The van der Waals surface area contributed by atoms with Gasteiger partial charge in [-0.3, -0.25) is 0 Å². The molecule has 2 N–H and O–H groups in total. The van der Waals surface area contributed by atoms with Crippen molar-refractivity contribution in [2.75, 3.05) is 7.11 Å². The van der Waals surface area contributed by atoms with Gasteiger partial charge >= 0.3 is 6.16 Å². The number of carbonyl (C=O) groups is 1. The van der Waals surface area contributed by atoms with Gasteiger partial charge in [-0.25, -0.2) is 4.79 Å². The minimum atomic E-state index is -0.785. The normalized spacial score (nSPS) is 33.7. The fourth-order valence-corrected chi connectivity index (χ4v) is 1.44. The lowest BCUT2D eigenvalue weighted by Crippen LogP contribution is -2.25. The van der Waals surface area contributed by atoms with Crippen LogP contribution in [0.25, 0.3) is 0 Å². The van der Waals surface area contributed by atoms with Crippen LogP contribution in [-0.2, 0) is 9.47 Å². The van der Waals surface area contributed by atoms with Gasteiger partial charge in [0.1, 0.15) is 6.10 Å². The van der Waals surface area contributed by atoms with E-state index in [2.05, 4.69) is 4.74 Å². The summed E-state index contributed by atoms with van der Waals surface area (Å²) in [5.41, 5.74) is 0. The van der Waals surface area contributed by atoms with Gasteiger partial charge in [0.05, 0.1) is 19.3 Å². The van der Waals surface area contributed by atoms with Gasteiger partial charge in [0, 0.05) is 6.42 Å². The first-order valence-corrected chi connectivity index (χ1v) is 4.91. The van der Waals surface area contributed by atoms with E-state index in [0.717, 1.165) is 0 Å². The Kier molecular flexibility index (Phi) is 4.58. The van der Waals surface area contributed by atoms with Crippen LogP contribution in [-0.4, -0.2) is 41.8 Å². The van der Waals surface area contributed by atoms with E-state index in [9.17, 15) is 15.0 Å². The quantitative estimate of drug-likeness (QED) is 0.496. The Bertz CT molecular complexity index is 238. The van der Waals surface area contributed by atoms with Crippen LogP contribution in [0.5, 0.6) is 0 Å². The first-order valence-electron chi connectivity index (χ1n) is 4.91. The van der Waals surface area contributed by atoms with Gasteiger partial charge in [-0.2, -0.15) is 0 Å². The predicted octanol–water partition coefficient (Wildman–Crippen LogP) is 0.600. The molecule has 0 radical (unpaired) electrons. The van der Waals surface area contributed by atoms with E-state index in [1.807, 2.05) is 0 Å². The van der Waals surface area contributed by atoms with Crippen molar-refractivity contribution in [2.24, 2.45) is 0 Å². The Morgan fingerprint density at radius 1 is 1.33 bits per heavy atom. The first-order chi connectivity index (χ1) is 7.11. The van der Waals surface area contributed by atoms with Crippen LogP contribution in [0.2, 0.25) is 0 Å². The predicted molar refractivity (Wildman–Crippen MR) is 52.3 cm³/mol. The van der Waals surface area contributed by atoms with Crippen LogP contribution in [0.3, 0.4) is 0 Å². The smallest absolute Gasteiger partial charge is 0.438 e. The Morgan fingerprint density at radius 3 is 2.73 bits per heavy atom. The molecule has 0 aliphatic heterocycles. The maximum absolute atomic E-state index is 10.8. The first kappa shape index (κ1) is 12.0. The number of rotatable bonds is 1. The van der Waals surface area contributed by atoms with E-state index in [1.165, 1.54) is 7.11 Å². The SMILES string of the molecule is COC(=O)OC1/C=C/C(O)CCC(O)C1. The van der Waals surface area contributed by atoms with Crippen molar-refractivity contribution in [1.29, 1.82) is 0 Å². The van der Waals surface area contributed by atoms with Gasteiger partial charge in [-0.05, 0) is 18.9 Å². The van der Waals surface area contributed by atoms with Crippen LogP contribution in [0.1, 0.15) is 19.3 Å². The summed E-state index contributed by atoms with van der Waals surface area (Å²) in [5, 5.41) is 18.9. The molecule has 5 nitrogen and oxygen atoms in total. The van der Waals surface area contributed by atoms with Crippen LogP contribution in [0, 0.1) is 0 Å². The molecule has 0 heterocycles. The lowest BCUT2D eigenvalue weighted by molar-refractivity contribution is 0.0248. The summed E-state index contributed by atoms with van der Waals surface area (Å²) in [5.74, 6) is 0. The molecule has 0 spiro atoms. The zero-order valence-corrected chi connectivity index (χ0v) is 8.63. The van der Waals surface area contributed by atoms with Crippen molar-refractivity contribution < 1.29 is 24.5 Å². The molecule has 5 heteroatoms. The summed E-state index contributed by atoms with van der Waals surface area (Å²) < 4.78 is 9.22. The van der Waals surface area contributed by atoms with E-state index < -0.39 is 24.5 Å². The molecule has 0 amide bonds. The third-order valence-corrected chi connectivity index (χ3v) is 2.26. The van der Waals surface area contributed by atoms with E-state index >= 15 is 0 Å². The standard InChI is InChI=1S/C10H16O5/c1-14-10(13)15-9-5-4-7(11)2-3-8(12)6-9/h4-5,7-9,11-12H,2-3,6H2,1H3/b5-4+. The monoisotopic (exact) mass is 216 g/mol. The molecule has 0 bridgehead atoms. The number of aliphatic hydroxyl groups excluding tert-OH is 2. The highest BCUT2D eigenvalue weighted by molar-refractivity contribution is 5.60. The van der Waals surface area contributed by atoms with Crippen LogP contribution < -0.4 is 0 Å². The third kappa shape index (κ3) is 4.31. The van der Waals surface area contributed by atoms with Crippen molar-refractivity contribution in [2.45, 2.75) is 37.6 Å². The molecule has 3 unspecified atom stereocenters. The summed E-state index contributed by atoms with van der Waals surface area (Å²) >= 11 is 0. The second-order valence-corrected chi connectivity index (χ2v) is 3.53. The van der Waals surface area contributed by atoms with Crippen molar-refractivity contribution in [3.05, 3.63) is 12.2 Å². The van der Waals surface area contributed by atoms with Crippen molar-refractivity contribution in [3.8, 4) is 0 Å². The van der Waals surface area contributed by atoms with E-state index in [0.29, 0.717) is 19.3 Å². The van der Waals surface area contributed by atoms with Gasteiger partial charge in [-0.1, -0.05) is 6.08 Å². The average molecular weight is 216 g/mol. The number of methoxy groups -OCH3 is 1. The second kappa shape index (κ2) is 5.72. The molecule has 0 aromatic rings. The molecule has 0 saturated heterocycles. The third-order valence-electron chi connectivity index (χ3n) is 2.26. The molecule has 1 rings (SSSR count). The number of ether oxygens (including phenoxy) is 2. The summed E-state index contributed by atoms with van der Waals surface area (Å²) in [7, 11) is 1.22. The zero-order valence-electron chi connectivity index (χ0n) is 8.63. The lowest BCUT2D eigenvalue weighted by atomic mass is 10.00. The maximum Gasteiger partial charge on any atom is 0.508 e. The number of aliphatic hydroxyl groups is 2. The van der Waals surface area contributed by atoms with E-state index in [-0.39, 0.29) is 0 Å². The molecule has 1 aliphatic carbocycles. The van der Waals surface area contributed by atoms with E-state index in [1.54, 1.807) is 12.2 Å². The summed E-state index contributed by atoms with van der Waals surface area (Å²) in [6, 6.07) is 0. The Morgan fingerprint density at radius 2 is 2.07 bits per heavy atom.